The second-order valence-electron chi connectivity index (χ2n) is 5.48. The lowest BCUT2D eigenvalue weighted by atomic mass is 10.2. The number of halogens is 2. The SMILES string of the molecule is CC(O)CNc1nc2ccccc2n1Cc1ccc(Br)cc1F. The Balaban J connectivity index is 2.01. The molecule has 0 saturated carbocycles. The van der Waals surface area contributed by atoms with E-state index in [9.17, 15) is 9.50 Å². The number of aliphatic hydroxyl groups is 1. The molecule has 23 heavy (non-hydrogen) atoms. The highest BCUT2D eigenvalue weighted by atomic mass is 79.9. The average molecular weight is 378 g/mol. The van der Waals surface area contributed by atoms with Crippen LogP contribution < -0.4 is 5.32 Å². The van der Waals surface area contributed by atoms with Crippen molar-refractivity contribution in [1.29, 1.82) is 0 Å². The van der Waals surface area contributed by atoms with E-state index in [1.807, 2.05) is 34.9 Å². The minimum atomic E-state index is -0.493. The summed E-state index contributed by atoms with van der Waals surface area (Å²) in [7, 11) is 0. The highest BCUT2D eigenvalue weighted by Crippen LogP contribution is 2.23. The van der Waals surface area contributed by atoms with Gasteiger partial charge in [0.25, 0.3) is 0 Å². The fraction of sp³-hybridized carbons (Fsp3) is 0.235. The molecule has 0 amide bonds. The Hall–Kier alpha value is -1.92. The molecular formula is C17H17BrFN3O. The predicted molar refractivity (Wildman–Crippen MR) is 93.1 cm³/mol. The molecule has 3 aromatic rings. The monoisotopic (exact) mass is 377 g/mol. The highest BCUT2D eigenvalue weighted by molar-refractivity contribution is 9.10. The van der Waals surface area contributed by atoms with Gasteiger partial charge in [-0.2, -0.15) is 0 Å². The van der Waals surface area contributed by atoms with Crippen LogP contribution in [0.4, 0.5) is 10.3 Å². The Bertz CT molecular complexity index is 832. The Morgan fingerprint density at radius 1 is 1.30 bits per heavy atom. The van der Waals surface area contributed by atoms with Gasteiger partial charge in [-0.1, -0.05) is 34.1 Å². The van der Waals surface area contributed by atoms with Crippen LogP contribution in [-0.2, 0) is 6.54 Å². The molecule has 0 radical (unpaired) electrons. The lowest BCUT2D eigenvalue weighted by Gasteiger charge is -2.12. The highest BCUT2D eigenvalue weighted by Gasteiger charge is 2.13. The molecule has 0 aliphatic carbocycles. The zero-order valence-electron chi connectivity index (χ0n) is 12.6. The fourth-order valence-electron chi connectivity index (χ4n) is 2.43. The van der Waals surface area contributed by atoms with E-state index in [1.54, 1.807) is 13.0 Å². The van der Waals surface area contributed by atoms with Crippen molar-refractivity contribution in [3.63, 3.8) is 0 Å². The zero-order valence-corrected chi connectivity index (χ0v) is 14.2. The summed E-state index contributed by atoms with van der Waals surface area (Å²) in [6.07, 6.45) is -0.493. The maximum absolute atomic E-state index is 14.2. The van der Waals surface area contributed by atoms with Crippen molar-refractivity contribution in [2.45, 2.75) is 19.6 Å². The van der Waals surface area contributed by atoms with E-state index in [-0.39, 0.29) is 5.82 Å². The van der Waals surface area contributed by atoms with E-state index < -0.39 is 6.10 Å². The van der Waals surface area contributed by atoms with Crippen molar-refractivity contribution >= 4 is 32.9 Å². The summed E-state index contributed by atoms with van der Waals surface area (Å²) in [5, 5.41) is 12.6. The Morgan fingerprint density at radius 3 is 2.83 bits per heavy atom. The van der Waals surface area contributed by atoms with Crippen LogP contribution in [0.5, 0.6) is 0 Å². The molecular weight excluding hydrogens is 361 g/mol. The van der Waals surface area contributed by atoms with Crippen LogP contribution in [-0.4, -0.2) is 27.3 Å². The summed E-state index contributed by atoms with van der Waals surface area (Å²) in [6.45, 7) is 2.45. The molecule has 0 aliphatic heterocycles. The Kier molecular flexibility index (Phi) is 4.63. The maximum Gasteiger partial charge on any atom is 0.204 e. The molecule has 6 heteroatoms. The third-order valence-corrected chi connectivity index (χ3v) is 4.05. The topological polar surface area (TPSA) is 50.1 Å². The Labute approximate surface area is 142 Å². The molecule has 0 spiro atoms. The first-order valence-corrected chi connectivity index (χ1v) is 8.15. The molecule has 0 aliphatic rings. The van der Waals surface area contributed by atoms with Crippen LogP contribution in [0.2, 0.25) is 0 Å². The first-order chi connectivity index (χ1) is 11.0. The van der Waals surface area contributed by atoms with Crippen LogP contribution in [0.3, 0.4) is 0 Å². The van der Waals surface area contributed by atoms with Gasteiger partial charge in [0.2, 0.25) is 5.95 Å². The van der Waals surface area contributed by atoms with Gasteiger partial charge in [-0.05, 0) is 31.2 Å². The van der Waals surface area contributed by atoms with Crippen LogP contribution in [0.15, 0.2) is 46.9 Å². The van der Waals surface area contributed by atoms with Gasteiger partial charge in [0.1, 0.15) is 5.82 Å². The molecule has 0 bridgehead atoms. The van der Waals surface area contributed by atoms with Crippen LogP contribution in [0.1, 0.15) is 12.5 Å². The summed E-state index contributed by atoms with van der Waals surface area (Å²) in [5.74, 6) is 0.355. The van der Waals surface area contributed by atoms with Crippen LogP contribution in [0.25, 0.3) is 11.0 Å². The van der Waals surface area contributed by atoms with E-state index in [4.69, 9.17) is 0 Å². The third kappa shape index (κ3) is 3.54. The maximum atomic E-state index is 14.2. The van der Waals surface area contributed by atoms with Crippen LogP contribution in [0, 0.1) is 5.82 Å². The minimum Gasteiger partial charge on any atom is -0.392 e. The summed E-state index contributed by atoms with van der Waals surface area (Å²) < 4.78 is 16.8. The van der Waals surface area contributed by atoms with E-state index in [0.29, 0.717) is 29.1 Å². The van der Waals surface area contributed by atoms with Gasteiger partial charge in [-0.25, -0.2) is 9.37 Å². The first kappa shape index (κ1) is 16.0. The number of anilines is 1. The molecule has 1 heterocycles. The number of para-hydroxylation sites is 2. The zero-order chi connectivity index (χ0) is 16.4. The predicted octanol–water partition coefficient (Wildman–Crippen LogP) is 3.78. The second kappa shape index (κ2) is 6.68. The van der Waals surface area contributed by atoms with Crippen molar-refractivity contribution in [3.8, 4) is 0 Å². The van der Waals surface area contributed by atoms with E-state index in [2.05, 4.69) is 26.2 Å². The van der Waals surface area contributed by atoms with Crippen molar-refractivity contribution in [1.82, 2.24) is 9.55 Å². The normalized spacial score (nSPS) is 12.5. The molecule has 2 aromatic carbocycles. The largest absolute Gasteiger partial charge is 0.392 e. The quantitative estimate of drug-likeness (QED) is 0.711. The second-order valence-corrected chi connectivity index (χ2v) is 6.39. The summed E-state index contributed by atoms with van der Waals surface area (Å²) in [6, 6.07) is 12.7. The molecule has 4 nitrogen and oxygen atoms in total. The minimum absolute atomic E-state index is 0.265. The fourth-order valence-corrected chi connectivity index (χ4v) is 2.76. The van der Waals surface area contributed by atoms with Crippen molar-refractivity contribution in [2.24, 2.45) is 0 Å². The summed E-state index contributed by atoms with van der Waals surface area (Å²) >= 11 is 3.27. The molecule has 0 fully saturated rings. The number of imidazole rings is 1. The number of fused-ring (bicyclic) bond motifs is 1. The third-order valence-electron chi connectivity index (χ3n) is 3.55. The number of aliphatic hydroxyl groups excluding tert-OH is 1. The molecule has 3 rings (SSSR count). The van der Waals surface area contributed by atoms with E-state index >= 15 is 0 Å². The number of hydrogen-bond donors (Lipinski definition) is 2. The van der Waals surface area contributed by atoms with Gasteiger partial charge >= 0.3 is 0 Å². The number of nitrogens with one attached hydrogen (secondary N) is 1. The number of nitrogens with zero attached hydrogens (tertiary/aromatic N) is 2. The molecule has 1 aromatic heterocycles. The average Bonchev–Trinajstić information content (AvgIpc) is 2.86. The smallest absolute Gasteiger partial charge is 0.204 e. The van der Waals surface area contributed by atoms with Gasteiger partial charge in [0, 0.05) is 16.6 Å². The van der Waals surface area contributed by atoms with Gasteiger partial charge < -0.3 is 15.0 Å². The van der Waals surface area contributed by atoms with E-state index in [1.165, 1.54) is 6.07 Å². The van der Waals surface area contributed by atoms with Gasteiger partial charge in [-0.15, -0.1) is 0 Å². The summed E-state index contributed by atoms with van der Waals surface area (Å²) in [4.78, 5) is 4.54. The van der Waals surface area contributed by atoms with E-state index in [0.717, 1.165) is 11.0 Å². The first-order valence-electron chi connectivity index (χ1n) is 7.35. The molecule has 1 unspecified atom stereocenters. The molecule has 0 saturated heterocycles. The number of rotatable bonds is 5. The standard InChI is InChI=1S/C17H17BrFN3O/c1-11(23)9-20-17-21-15-4-2-3-5-16(15)22(17)10-12-6-7-13(18)8-14(12)19/h2-8,11,23H,9-10H2,1H3,(H,20,21). The van der Waals surface area contributed by atoms with Crippen molar-refractivity contribution < 1.29 is 9.50 Å². The number of aromatic nitrogens is 2. The lowest BCUT2D eigenvalue weighted by Crippen LogP contribution is -2.18. The number of benzene rings is 2. The van der Waals surface area contributed by atoms with Gasteiger partial charge in [-0.3, -0.25) is 0 Å². The van der Waals surface area contributed by atoms with Crippen molar-refractivity contribution in [2.75, 3.05) is 11.9 Å². The number of hydrogen-bond acceptors (Lipinski definition) is 3. The summed E-state index contributed by atoms with van der Waals surface area (Å²) in [5.41, 5.74) is 2.33. The van der Waals surface area contributed by atoms with Gasteiger partial charge in [0.05, 0.1) is 23.7 Å². The Morgan fingerprint density at radius 2 is 2.09 bits per heavy atom. The molecule has 2 N–H and O–H groups in total. The van der Waals surface area contributed by atoms with Gasteiger partial charge in [0.15, 0.2) is 0 Å². The van der Waals surface area contributed by atoms with Crippen molar-refractivity contribution in [3.05, 3.63) is 58.3 Å². The molecule has 1 atom stereocenters. The lowest BCUT2D eigenvalue weighted by molar-refractivity contribution is 0.208. The molecule has 120 valence electrons. The van der Waals surface area contributed by atoms with Crippen LogP contribution >= 0.6 is 15.9 Å².